The first-order valence-corrected chi connectivity index (χ1v) is 8.90. The lowest BCUT2D eigenvalue weighted by molar-refractivity contribution is 0.544. The Morgan fingerprint density at radius 3 is 2.46 bits per heavy atom. The summed E-state index contributed by atoms with van der Waals surface area (Å²) in [6, 6.07) is 4.18. The summed E-state index contributed by atoms with van der Waals surface area (Å²) in [5.74, 6) is 0.704. The van der Waals surface area contributed by atoms with Crippen molar-refractivity contribution in [3.05, 3.63) is 41.1 Å². The van der Waals surface area contributed by atoms with Crippen LogP contribution in [0.4, 0.5) is 11.6 Å². The standard InChI is InChI=1S/C18H23N7O/c1-13(2)25-16-15(12-20-25)17(26)22(3)18(21-16)24-9-7-23(8-10-24)14-5-4-6-19-11-14/h4-6,11-13H,7-10H2,1-3H3. The molecule has 0 saturated carbocycles. The molecule has 4 rings (SSSR count). The first kappa shape index (κ1) is 16.6. The molecule has 0 N–H and O–H groups in total. The van der Waals surface area contributed by atoms with Gasteiger partial charge in [0.25, 0.3) is 5.56 Å². The Morgan fingerprint density at radius 2 is 1.81 bits per heavy atom. The van der Waals surface area contributed by atoms with E-state index in [1.54, 1.807) is 24.0 Å². The van der Waals surface area contributed by atoms with Gasteiger partial charge in [0.2, 0.25) is 5.95 Å². The molecule has 1 fully saturated rings. The van der Waals surface area contributed by atoms with Crippen LogP contribution in [0.15, 0.2) is 35.5 Å². The monoisotopic (exact) mass is 353 g/mol. The third kappa shape index (κ3) is 2.71. The fourth-order valence-electron chi connectivity index (χ4n) is 3.43. The Balaban J connectivity index is 1.64. The first-order chi connectivity index (χ1) is 12.6. The molecule has 136 valence electrons. The second kappa shape index (κ2) is 6.44. The van der Waals surface area contributed by atoms with Crippen molar-refractivity contribution in [2.24, 2.45) is 7.05 Å². The molecule has 8 nitrogen and oxygen atoms in total. The van der Waals surface area contributed by atoms with Crippen LogP contribution in [-0.2, 0) is 7.05 Å². The molecule has 0 unspecified atom stereocenters. The van der Waals surface area contributed by atoms with Gasteiger partial charge in [0.1, 0.15) is 5.39 Å². The van der Waals surface area contributed by atoms with E-state index in [-0.39, 0.29) is 11.6 Å². The summed E-state index contributed by atoms with van der Waals surface area (Å²) in [4.78, 5) is 26.2. The summed E-state index contributed by atoms with van der Waals surface area (Å²) in [6.45, 7) is 7.41. The maximum Gasteiger partial charge on any atom is 0.265 e. The van der Waals surface area contributed by atoms with Gasteiger partial charge < -0.3 is 9.80 Å². The predicted octanol–water partition coefficient (Wildman–Crippen LogP) is 1.43. The van der Waals surface area contributed by atoms with Crippen LogP contribution >= 0.6 is 0 Å². The van der Waals surface area contributed by atoms with Gasteiger partial charge in [-0.3, -0.25) is 14.3 Å². The van der Waals surface area contributed by atoms with Crippen molar-refractivity contribution >= 4 is 22.7 Å². The van der Waals surface area contributed by atoms with Gasteiger partial charge in [0.15, 0.2) is 5.65 Å². The number of piperazine rings is 1. The van der Waals surface area contributed by atoms with E-state index in [1.807, 2.05) is 30.8 Å². The number of nitrogens with zero attached hydrogens (tertiary/aromatic N) is 7. The highest BCUT2D eigenvalue weighted by atomic mass is 16.1. The molecule has 3 aromatic rings. The molecule has 0 spiro atoms. The lowest BCUT2D eigenvalue weighted by atomic mass is 10.3. The van der Waals surface area contributed by atoms with Gasteiger partial charge in [0.05, 0.1) is 18.1 Å². The predicted molar refractivity (Wildman–Crippen MR) is 102 cm³/mol. The van der Waals surface area contributed by atoms with E-state index in [9.17, 15) is 4.79 Å². The van der Waals surface area contributed by atoms with E-state index in [0.29, 0.717) is 17.0 Å². The van der Waals surface area contributed by atoms with E-state index < -0.39 is 0 Å². The Morgan fingerprint density at radius 1 is 1.08 bits per heavy atom. The summed E-state index contributed by atoms with van der Waals surface area (Å²) in [7, 11) is 1.78. The van der Waals surface area contributed by atoms with E-state index >= 15 is 0 Å². The number of fused-ring (bicyclic) bond motifs is 1. The fourth-order valence-corrected chi connectivity index (χ4v) is 3.43. The minimum absolute atomic E-state index is 0.0495. The maximum atomic E-state index is 12.7. The quantitative estimate of drug-likeness (QED) is 0.709. The highest BCUT2D eigenvalue weighted by molar-refractivity contribution is 5.75. The Kier molecular flexibility index (Phi) is 4.10. The average molecular weight is 353 g/mol. The number of pyridine rings is 1. The van der Waals surface area contributed by atoms with Gasteiger partial charge in [-0.05, 0) is 26.0 Å². The number of anilines is 2. The van der Waals surface area contributed by atoms with E-state index in [1.165, 1.54) is 0 Å². The molecule has 0 aromatic carbocycles. The van der Waals surface area contributed by atoms with Crippen LogP contribution in [0, 0.1) is 0 Å². The second-order valence-corrected chi connectivity index (χ2v) is 6.88. The SMILES string of the molecule is CC(C)n1ncc2c(=O)n(C)c(N3CCN(c4cccnc4)CC3)nc21. The van der Waals surface area contributed by atoms with E-state index in [0.717, 1.165) is 31.9 Å². The number of hydrogen-bond acceptors (Lipinski definition) is 6. The molecule has 0 aliphatic carbocycles. The van der Waals surface area contributed by atoms with Crippen LogP contribution in [0.25, 0.3) is 11.0 Å². The van der Waals surface area contributed by atoms with Gasteiger partial charge in [0, 0.05) is 45.5 Å². The summed E-state index contributed by atoms with van der Waals surface area (Å²) in [6.07, 6.45) is 5.29. The van der Waals surface area contributed by atoms with Crippen molar-refractivity contribution in [1.82, 2.24) is 24.3 Å². The Bertz CT molecular complexity index is 968. The summed E-state index contributed by atoms with van der Waals surface area (Å²) in [5, 5.41) is 4.91. The molecule has 3 aromatic heterocycles. The fraction of sp³-hybridized carbons (Fsp3) is 0.444. The summed E-state index contributed by atoms with van der Waals surface area (Å²) < 4.78 is 3.44. The lowest BCUT2D eigenvalue weighted by Crippen LogP contribution is -2.48. The number of rotatable bonds is 3. The third-order valence-electron chi connectivity index (χ3n) is 4.87. The van der Waals surface area contributed by atoms with Gasteiger partial charge in [-0.1, -0.05) is 0 Å². The maximum absolute atomic E-state index is 12.7. The van der Waals surface area contributed by atoms with Crippen molar-refractivity contribution in [2.45, 2.75) is 19.9 Å². The molecule has 1 saturated heterocycles. The summed E-state index contributed by atoms with van der Waals surface area (Å²) in [5.41, 5.74) is 1.74. The average Bonchev–Trinajstić information content (AvgIpc) is 3.10. The molecule has 0 radical (unpaired) electrons. The third-order valence-corrected chi connectivity index (χ3v) is 4.87. The Hall–Kier alpha value is -2.90. The number of aromatic nitrogens is 5. The van der Waals surface area contributed by atoms with E-state index in [4.69, 9.17) is 4.98 Å². The zero-order valence-corrected chi connectivity index (χ0v) is 15.3. The molecule has 0 amide bonds. The Labute approximate surface area is 151 Å². The van der Waals surface area contributed by atoms with Crippen LogP contribution in [-0.4, -0.2) is 50.5 Å². The molecular weight excluding hydrogens is 330 g/mol. The highest BCUT2D eigenvalue weighted by Crippen LogP contribution is 2.20. The number of hydrogen-bond donors (Lipinski definition) is 0. The highest BCUT2D eigenvalue weighted by Gasteiger charge is 2.23. The van der Waals surface area contributed by atoms with Crippen molar-refractivity contribution in [2.75, 3.05) is 36.0 Å². The molecule has 0 bridgehead atoms. The molecule has 8 heteroatoms. The van der Waals surface area contributed by atoms with Crippen LogP contribution < -0.4 is 15.4 Å². The van der Waals surface area contributed by atoms with Crippen molar-refractivity contribution in [3.63, 3.8) is 0 Å². The molecule has 4 heterocycles. The molecule has 26 heavy (non-hydrogen) atoms. The second-order valence-electron chi connectivity index (χ2n) is 6.88. The van der Waals surface area contributed by atoms with Gasteiger partial charge >= 0.3 is 0 Å². The molecular formula is C18H23N7O. The largest absolute Gasteiger partial charge is 0.367 e. The van der Waals surface area contributed by atoms with Gasteiger partial charge in [-0.2, -0.15) is 10.1 Å². The van der Waals surface area contributed by atoms with Crippen LogP contribution in [0.2, 0.25) is 0 Å². The van der Waals surface area contributed by atoms with Crippen molar-refractivity contribution in [1.29, 1.82) is 0 Å². The lowest BCUT2D eigenvalue weighted by Gasteiger charge is -2.36. The molecule has 1 aliphatic heterocycles. The minimum atomic E-state index is -0.0495. The normalized spacial score (nSPS) is 15.2. The van der Waals surface area contributed by atoms with Gasteiger partial charge in [-0.15, -0.1) is 0 Å². The minimum Gasteiger partial charge on any atom is -0.367 e. The molecule has 1 aliphatic rings. The first-order valence-electron chi connectivity index (χ1n) is 8.90. The van der Waals surface area contributed by atoms with Crippen LogP contribution in [0.3, 0.4) is 0 Å². The smallest absolute Gasteiger partial charge is 0.265 e. The zero-order chi connectivity index (χ0) is 18.3. The van der Waals surface area contributed by atoms with Crippen LogP contribution in [0.5, 0.6) is 0 Å². The van der Waals surface area contributed by atoms with Crippen molar-refractivity contribution in [3.8, 4) is 0 Å². The molecule has 0 atom stereocenters. The summed E-state index contributed by atoms with van der Waals surface area (Å²) >= 11 is 0. The van der Waals surface area contributed by atoms with Crippen LogP contribution in [0.1, 0.15) is 19.9 Å². The topological polar surface area (TPSA) is 72.1 Å². The van der Waals surface area contributed by atoms with Crippen molar-refractivity contribution < 1.29 is 0 Å². The van der Waals surface area contributed by atoms with Gasteiger partial charge in [-0.25, -0.2) is 4.68 Å². The zero-order valence-electron chi connectivity index (χ0n) is 15.3. The van der Waals surface area contributed by atoms with E-state index in [2.05, 4.69) is 25.9 Å².